The van der Waals surface area contributed by atoms with Crippen molar-refractivity contribution in [1.29, 1.82) is 0 Å². The Bertz CT molecular complexity index is 963. The minimum absolute atomic E-state index is 0.0140. The van der Waals surface area contributed by atoms with Crippen molar-refractivity contribution in [3.05, 3.63) is 46.7 Å². The molecule has 140 valence electrons. The molecule has 1 amide bonds. The Kier molecular flexibility index (Phi) is 5.60. The number of ether oxygens (including phenoxy) is 1. The predicted molar refractivity (Wildman–Crippen MR) is 99.8 cm³/mol. The van der Waals surface area contributed by atoms with Crippen molar-refractivity contribution in [3.8, 4) is 16.5 Å². The van der Waals surface area contributed by atoms with Gasteiger partial charge in [0.2, 0.25) is 5.06 Å². The van der Waals surface area contributed by atoms with Crippen LogP contribution in [-0.2, 0) is 0 Å². The van der Waals surface area contributed by atoms with Crippen molar-refractivity contribution in [2.75, 3.05) is 0 Å². The van der Waals surface area contributed by atoms with E-state index in [1.807, 2.05) is 13.8 Å². The number of thiazole rings is 1. The monoisotopic (exact) mass is 388 g/mol. The van der Waals surface area contributed by atoms with Gasteiger partial charge in [-0.05, 0) is 45.1 Å². The van der Waals surface area contributed by atoms with Crippen molar-refractivity contribution < 1.29 is 18.4 Å². The van der Waals surface area contributed by atoms with E-state index in [0.29, 0.717) is 32.8 Å². The molecule has 0 saturated carbocycles. The zero-order chi connectivity index (χ0) is 19.4. The van der Waals surface area contributed by atoms with Gasteiger partial charge in [-0.3, -0.25) is 4.98 Å². The minimum atomic E-state index is -0.524. The number of halogens is 1. The number of aromatic nitrogens is 3. The van der Waals surface area contributed by atoms with Crippen LogP contribution in [0.2, 0.25) is 0 Å². The second-order valence-corrected chi connectivity index (χ2v) is 6.93. The first-order valence-corrected chi connectivity index (χ1v) is 8.94. The molecule has 0 aromatic carbocycles. The molecule has 0 unspecified atom stereocenters. The largest absolute Gasteiger partial charge is 0.413 e. The molecular formula is C18H17FN4O3S. The van der Waals surface area contributed by atoms with E-state index in [1.165, 1.54) is 29.7 Å². The fraction of sp³-hybridized carbons (Fsp3) is 0.222. The van der Waals surface area contributed by atoms with Crippen molar-refractivity contribution >= 4 is 29.6 Å². The van der Waals surface area contributed by atoms with Gasteiger partial charge < -0.3 is 14.6 Å². The third-order valence-corrected chi connectivity index (χ3v) is 4.21. The average molecular weight is 388 g/mol. The summed E-state index contributed by atoms with van der Waals surface area (Å²) >= 11 is 1.22. The number of nitrogens with zero attached hydrogens (tertiary/aromatic N) is 3. The summed E-state index contributed by atoms with van der Waals surface area (Å²) in [6.45, 7) is 5.46. The summed E-state index contributed by atoms with van der Waals surface area (Å²) < 4.78 is 23.5. The second kappa shape index (κ2) is 8.09. The van der Waals surface area contributed by atoms with E-state index in [1.54, 1.807) is 19.1 Å². The van der Waals surface area contributed by atoms with Gasteiger partial charge in [-0.2, -0.15) is 0 Å². The Morgan fingerprint density at radius 1 is 1.30 bits per heavy atom. The molecular weight excluding hydrogens is 371 g/mol. The molecule has 3 aromatic rings. The first-order chi connectivity index (χ1) is 12.9. The van der Waals surface area contributed by atoms with Crippen LogP contribution in [0.3, 0.4) is 0 Å². The van der Waals surface area contributed by atoms with E-state index in [4.69, 9.17) is 9.26 Å². The molecule has 9 heteroatoms. The highest BCUT2D eigenvalue weighted by molar-refractivity contribution is 7.14. The number of hydrogen-bond acceptors (Lipinski definition) is 7. The Labute approximate surface area is 158 Å². The molecule has 0 saturated heterocycles. The summed E-state index contributed by atoms with van der Waals surface area (Å²) in [5.41, 5.74) is 1.72. The molecule has 3 rings (SSSR count). The van der Waals surface area contributed by atoms with Gasteiger partial charge in [0.1, 0.15) is 22.3 Å². The van der Waals surface area contributed by atoms with E-state index in [2.05, 4.69) is 20.4 Å². The molecule has 0 atom stereocenters. The van der Waals surface area contributed by atoms with Crippen molar-refractivity contribution in [2.45, 2.75) is 26.8 Å². The molecule has 0 spiro atoms. The quantitative estimate of drug-likeness (QED) is 0.700. The van der Waals surface area contributed by atoms with E-state index in [-0.39, 0.29) is 6.04 Å². The van der Waals surface area contributed by atoms with Crippen LogP contribution in [-0.4, -0.2) is 27.3 Å². The number of carbonyl (C=O) groups excluding carboxylic acids is 1. The van der Waals surface area contributed by atoms with Crippen LogP contribution in [0, 0.1) is 12.7 Å². The van der Waals surface area contributed by atoms with E-state index >= 15 is 0 Å². The van der Waals surface area contributed by atoms with Crippen LogP contribution < -0.4 is 10.1 Å². The zero-order valence-corrected chi connectivity index (χ0v) is 15.7. The zero-order valence-electron chi connectivity index (χ0n) is 14.9. The lowest BCUT2D eigenvalue weighted by Crippen LogP contribution is -2.32. The van der Waals surface area contributed by atoms with Crippen LogP contribution in [0.1, 0.15) is 30.2 Å². The summed E-state index contributed by atoms with van der Waals surface area (Å²) in [7, 11) is 0. The third-order valence-electron chi connectivity index (χ3n) is 3.37. The molecule has 0 fully saturated rings. The molecule has 0 aliphatic heterocycles. The van der Waals surface area contributed by atoms with Crippen molar-refractivity contribution in [2.24, 2.45) is 0 Å². The van der Waals surface area contributed by atoms with Gasteiger partial charge in [-0.15, -0.1) is 0 Å². The molecule has 7 nitrogen and oxygen atoms in total. The SMILES string of the molecule is Cc1onc(-c2ccc(F)cn2)c1/C=C/c1ncc(OC(=O)NC(C)C)s1. The van der Waals surface area contributed by atoms with Gasteiger partial charge in [0.25, 0.3) is 0 Å². The standard InChI is InChI=1S/C18H17FN4O3S/c1-10(2)22-18(24)25-16-9-21-15(27-16)7-5-13-11(3)26-23-17(13)14-6-4-12(19)8-20-14/h4-10H,1-3H3,(H,22,24)/b7-5+. The molecule has 1 N–H and O–H groups in total. The van der Waals surface area contributed by atoms with Crippen LogP contribution in [0.4, 0.5) is 9.18 Å². The predicted octanol–water partition coefficient (Wildman–Crippen LogP) is 4.31. The molecule has 0 aliphatic carbocycles. The third kappa shape index (κ3) is 4.76. The molecule has 0 bridgehead atoms. The smallest absolute Gasteiger partial charge is 0.397 e. The van der Waals surface area contributed by atoms with Crippen molar-refractivity contribution in [1.82, 2.24) is 20.4 Å². The highest BCUT2D eigenvalue weighted by atomic mass is 32.1. The minimum Gasteiger partial charge on any atom is -0.397 e. The summed E-state index contributed by atoms with van der Waals surface area (Å²) in [4.78, 5) is 19.9. The Morgan fingerprint density at radius 3 is 2.81 bits per heavy atom. The second-order valence-electron chi connectivity index (χ2n) is 5.90. The number of carbonyl (C=O) groups is 1. The molecule has 3 heterocycles. The van der Waals surface area contributed by atoms with Crippen molar-refractivity contribution in [3.63, 3.8) is 0 Å². The van der Waals surface area contributed by atoms with E-state index in [0.717, 1.165) is 6.20 Å². The maximum atomic E-state index is 13.1. The van der Waals surface area contributed by atoms with Crippen LogP contribution in [0.15, 0.2) is 29.0 Å². The van der Waals surface area contributed by atoms with E-state index < -0.39 is 11.9 Å². The maximum absolute atomic E-state index is 13.1. The summed E-state index contributed by atoms with van der Waals surface area (Å²) in [5.74, 6) is 0.171. The lowest BCUT2D eigenvalue weighted by atomic mass is 10.1. The van der Waals surface area contributed by atoms with Crippen LogP contribution in [0.25, 0.3) is 23.5 Å². The molecule has 0 aliphatic rings. The highest BCUT2D eigenvalue weighted by Gasteiger charge is 2.14. The van der Waals surface area contributed by atoms with Crippen LogP contribution in [0.5, 0.6) is 5.06 Å². The summed E-state index contributed by atoms with van der Waals surface area (Å²) in [5, 5.41) is 7.66. The normalized spacial score (nSPS) is 11.3. The highest BCUT2D eigenvalue weighted by Crippen LogP contribution is 2.27. The summed E-state index contributed by atoms with van der Waals surface area (Å²) in [6.07, 6.45) is 5.61. The number of aryl methyl sites for hydroxylation is 1. The van der Waals surface area contributed by atoms with Gasteiger partial charge in [-0.1, -0.05) is 16.5 Å². The fourth-order valence-corrected chi connectivity index (χ4v) is 2.85. The Hall–Kier alpha value is -3.07. The van der Waals surface area contributed by atoms with Gasteiger partial charge >= 0.3 is 6.09 Å². The van der Waals surface area contributed by atoms with Gasteiger partial charge in [-0.25, -0.2) is 14.2 Å². The van der Waals surface area contributed by atoms with Gasteiger partial charge in [0.15, 0.2) is 0 Å². The lowest BCUT2D eigenvalue weighted by Gasteiger charge is -2.06. The number of rotatable bonds is 5. The topological polar surface area (TPSA) is 90.1 Å². The van der Waals surface area contributed by atoms with Gasteiger partial charge in [0.05, 0.1) is 18.1 Å². The number of amides is 1. The Balaban J connectivity index is 1.76. The maximum Gasteiger partial charge on any atom is 0.413 e. The van der Waals surface area contributed by atoms with E-state index in [9.17, 15) is 9.18 Å². The Morgan fingerprint density at radius 2 is 2.11 bits per heavy atom. The number of hydrogen-bond donors (Lipinski definition) is 1. The number of nitrogens with one attached hydrogen (secondary N) is 1. The lowest BCUT2D eigenvalue weighted by molar-refractivity contribution is 0.199. The molecule has 27 heavy (non-hydrogen) atoms. The average Bonchev–Trinajstić information content (AvgIpc) is 3.19. The molecule has 3 aromatic heterocycles. The molecule has 0 radical (unpaired) electrons. The van der Waals surface area contributed by atoms with Crippen LogP contribution >= 0.6 is 11.3 Å². The van der Waals surface area contributed by atoms with Gasteiger partial charge in [0, 0.05) is 11.6 Å². The summed E-state index contributed by atoms with van der Waals surface area (Å²) in [6, 6.07) is 2.83. The number of pyridine rings is 1. The first-order valence-electron chi connectivity index (χ1n) is 8.13. The fourth-order valence-electron chi connectivity index (χ4n) is 2.18. The first kappa shape index (κ1) is 18.7.